The summed E-state index contributed by atoms with van der Waals surface area (Å²) in [6.07, 6.45) is 1.09. The molecule has 2 amide bonds. The summed E-state index contributed by atoms with van der Waals surface area (Å²) in [7, 11) is 0. The molecule has 0 saturated heterocycles. The van der Waals surface area contributed by atoms with E-state index in [2.05, 4.69) is 10.8 Å². The van der Waals surface area contributed by atoms with E-state index in [0.29, 0.717) is 12.2 Å². The normalized spacial score (nSPS) is 13.4. The average Bonchev–Trinajstić information content (AvgIpc) is 3.02. The molecular weight excluding hydrogens is 284 g/mol. The van der Waals surface area contributed by atoms with Crippen molar-refractivity contribution in [2.24, 2.45) is 0 Å². The van der Waals surface area contributed by atoms with Gasteiger partial charge in [0.15, 0.2) is 0 Å². The first-order chi connectivity index (χ1) is 10.6. The van der Waals surface area contributed by atoms with Gasteiger partial charge in [0.25, 0.3) is 0 Å². The molecule has 0 radical (unpaired) electrons. The lowest BCUT2D eigenvalue weighted by Crippen LogP contribution is -2.41. The number of hydrogen-bond donors (Lipinski definition) is 3. The highest BCUT2D eigenvalue weighted by molar-refractivity contribution is 5.72. The Morgan fingerprint density at radius 2 is 2.05 bits per heavy atom. The Hall–Kier alpha value is -2.31. The van der Waals surface area contributed by atoms with Crippen molar-refractivity contribution in [2.75, 3.05) is 0 Å². The van der Waals surface area contributed by atoms with Gasteiger partial charge in [-0.25, -0.2) is 10.3 Å². The van der Waals surface area contributed by atoms with E-state index in [0.717, 1.165) is 5.56 Å². The van der Waals surface area contributed by atoms with E-state index >= 15 is 0 Å². The summed E-state index contributed by atoms with van der Waals surface area (Å²) in [6, 6.07) is 12.2. The number of furan rings is 1. The van der Waals surface area contributed by atoms with Crippen LogP contribution < -0.4 is 10.8 Å². The number of carbonyl (C=O) groups is 1. The number of hydrogen-bond acceptors (Lipinski definition) is 4. The maximum absolute atomic E-state index is 11.7. The minimum Gasteiger partial charge on any atom is -0.467 e. The van der Waals surface area contributed by atoms with Gasteiger partial charge < -0.3 is 14.8 Å². The summed E-state index contributed by atoms with van der Waals surface area (Å²) >= 11 is 0. The summed E-state index contributed by atoms with van der Waals surface area (Å²) in [5, 5.41) is 12.6. The van der Waals surface area contributed by atoms with Crippen LogP contribution in [0.2, 0.25) is 0 Å². The third-order valence-corrected chi connectivity index (χ3v) is 3.07. The molecule has 0 saturated carbocycles. The smallest absolute Gasteiger partial charge is 0.338 e. The molecule has 6 heteroatoms. The number of benzene rings is 1. The van der Waals surface area contributed by atoms with Crippen molar-refractivity contribution in [3.63, 3.8) is 0 Å². The average molecular weight is 304 g/mol. The molecular formula is C16H20N2O4. The molecule has 0 fully saturated rings. The predicted octanol–water partition coefficient (Wildman–Crippen LogP) is 2.52. The van der Waals surface area contributed by atoms with Crippen LogP contribution in [0, 0.1) is 0 Å². The number of nitrogens with one attached hydrogen (secondary N) is 2. The van der Waals surface area contributed by atoms with E-state index in [1.807, 2.05) is 30.3 Å². The SMILES string of the molecule is CC(CC(O)c1ccco1)NC(=O)NOCc1ccccc1. The van der Waals surface area contributed by atoms with Gasteiger partial charge in [0.05, 0.1) is 12.9 Å². The molecule has 3 N–H and O–H groups in total. The fraction of sp³-hybridized carbons (Fsp3) is 0.312. The number of hydroxylamine groups is 1. The molecule has 6 nitrogen and oxygen atoms in total. The Balaban J connectivity index is 1.66. The lowest BCUT2D eigenvalue weighted by Gasteiger charge is -2.17. The van der Waals surface area contributed by atoms with Crippen LogP contribution >= 0.6 is 0 Å². The lowest BCUT2D eigenvalue weighted by atomic mass is 10.1. The van der Waals surface area contributed by atoms with Gasteiger partial charge in [-0.3, -0.25) is 4.84 Å². The second-order valence-corrected chi connectivity index (χ2v) is 5.02. The quantitative estimate of drug-likeness (QED) is 0.686. The minimum atomic E-state index is -0.754. The molecule has 22 heavy (non-hydrogen) atoms. The van der Waals surface area contributed by atoms with Crippen molar-refractivity contribution in [1.82, 2.24) is 10.8 Å². The molecule has 1 aromatic heterocycles. The zero-order valence-electron chi connectivity index (χ0n) is 12.4. The zero-order chi connectivity index (χ0) is 15.8. The van der Waals surface area contributed by atoms with Crippen molar-refractivity contribution in [1.29, 1.82) is 0 Å². The minimum absolute atomic E-state index is 0.236. The van der Waals surface area contributed by atoms with Crippen LogP contribution in [0.1, 0.15) is 30.8 Å². The maximum atomic E-state index is 11.7. The van der Waals surface area contributed by atoms with Crippen LogP contribution in [0.5, 0.6) is 0 Å². The van der Waals surface area contributed by atoms with Gasteiger partial charge in [-0.2, -0.15) is 0 Å². The van der Waals surface area contributed by atoms with E-state index in [1.165, 1.54) is 6.26 Å². The molecule has 0 spiro atoms. The zero-order valence-corrected chi connectivity index (χ0v) is 12.4. The van der Waals surface area contributed by atoms with Crippen LogP contribution in [0.4, 0.5) is 4.79 Å². The highest BCUT2D eigenvalue weighted by atomic mass is 16.7. The summed E-state index contributed by atoms with van der Waals surface area (Å²) < 4.78 is 5.11. The highest BCUT2D eigenvalue weighted by Crippen LogP contribution is 2.18. The third kappa shape index (κ3) is 5.23. The van der Waals surface area contributed by atoms with Gasteiger partial charge in [0, 0.05) is 12.5 Å². The van der Waals surface area contributed by atoms with Crippen LogP contribution in [0.15, 0.2) is 53.1 Å². The second-order valence-electron chi connectivity index (χ2n) is 5.02. The van der Waals surface area contributed by atoms with E-state index in [-0.39, 0.29) is 12.6 Å². The number of urea groups is 1. The van der Waals surface area contributed by atoms with Crippen LogP contribution in [-0.2, 0) is 11.4 Å². The highest BCUT2D eigenvalue weighted by Gasteiger charge is 2.16. The molecule has 2 unspecified atom stereocenters. The summed E-state index contributed by atoms with van der Waals surface area (Å²) in [5.74, 6) is 0.481. The molecule has 1 aromatic carbocycles. The van der Waals surface area contributed by atoms with Gasteiger partial charge >= 0.3 is 6.03 Å². The lowest BCUT2D eigenvalue weighted by molar-refractivity contribution is 0.0472. The van der Waals surface area contributed by atoms with Gasteiger partial charge in [0.1, 0.15) is 11.9 Å². The molecule has 0 aliphatic rings. The van der Waals surface area contributed by atoms with E-state index in [1.54, 1.807) is 19.1 Å². The fourth-order valence-corrected chi connectivity index (χ4v) is 2.00. The molecule has 118 valence electrons. The molecule has 1 heterocycles. The second kappa shape index (κ2) is 8.21. The van der Waals surface area contributed by atoms with Gasteiger partial charge in [-0.15, -0.1) is 0 Å². The Kier molecular flexibility index (Phi) is 6.00. The first-order valence-corrected chi connectivity index (χ1v) is 7.09. The number of amides is 2. The number of aliphatic hydroxyl groups is 1. The molecule has 0 aliphatic heterocycles. The Bertz CT molecular complexity index is 557. The summed E-state index contributed by atoms with van der Waals surface area (Å²) in [6.45, 7) is 2.08. The third-order valence-electron chi connectivity index (χ3n) is 3.07. The molecule has 2 aromatic rings. The standard InChI is InChI=1S/C16H20N2O4/c1-12(10-14(19)15-8-5-9-21-15)17-16(20)18-22-11-13-6-3-2-4-7-13/h2-9,12,14,19H,10-11H2,1H3,(H2,17,18,20). The first kappa shape index (κ1) is 16.1. The fourth-order valence-electron chi connectivity index (χ4n) is 2.00. The molecule has 0 aliphatic carbocycles. The van der Waals surface area contributed by atoms with Gasteiger partial charge in [0.2, 0.25) is 0 Å². The van der Waals surface area contributed by atoms with Crippen molar-refractivity contribution in [3.05, 3.63) is 60.1 Å². The first-order valence-electron chi connectivity index (χ1n) is 7.09. The van der Waals surface area contributed by atoms with Gasteiger partial charge in [-0.05, 0) is 24.6 Å². The van der Waals surface area contributed by atoms with Crippen molar-refractivity contribution in [2.45, 2.75) is 32.1 Å². The van der Waals surface area contributed by atoms with Crippen molar-refractivity contribution >= 4 is 6.03 Å². The molecule has 2 atom stereocenters. The largest absolute Gasteiger partial charge is 0.467 e. The number of rotatable bonds is 7. The Labute approximate surface area is 129 Å². The molecule has 0 bridgehead atoms. The van der Waals surface area contributed by atoms with Crippen LogP contribution in [0.25, 0.3) is 0 Å². The summed E-state index contributed by atoms with van der Waals surface area (Å²) in [5.41, 5.74) is 3.28. The van der Waals surface area contributed by atoms with Crippen molar-refractivity contribution < 1.29 is 19.2 Å². The Morgan fingerprint density at radius 1 is 1.27 bits per heavy atom. The summed E-state index contributed by atoms with van der Waals surface area (Å²) in [4.78, 5) is 16.8. The van der Waals surface area contributed by atoms with E-state index < -0.39 is 12.1 Å². The molecule has 2 rings (SSSR count). The van der Waals surface area contributed by atoms with Gasteiger partial charge in [-0.1, -0.05) is 30.3 Å². The number of aliphatic hydroxyl groups excluding tert-OH is 1. The van der Waals surface area contributed by atoms with Crippen LogP contribution in [0.3, 0.4) is 0 Å². The topological polar surface area (TPSA) is 83.7 Å². The van der Waals surface area contributed by atoms with E-state index in [9.17, 15) is 9.90 Å². The Morgan fingerprint density at radius 3 is 2.73 bits per heavy atom. The van der Waals surface area contributed by atoms with E-state index in [4.69, 9.17) is 9.25 Å². The predicted molar refractivity (Wildman–Crippen MR) is 80.6 cm³/mol. The van der Waals surface area contributed by atoms with Crippen molar-refractivity contribution in [3.8, 4) is 0 Å². The monoisotopic (exact) mass is 304 g/mol. The number of carbonyl (C=O) groups excluding carboxylic acids is 1. The maximum Gasteiger partial charge on any atom is 0.338 e. The van der Waals surface area contributed by atoms with Crippen LogP contribution in [-0.4, -0.2) is 17.2 Å².